The summed E-state index contributed by atoms with van der Waals surface area (Å²) in [7, 11) is 0. The van der Waals surface area contributed by atoms with Crippen LogP contribution in [-0.4, -0.2) is 67.7 Å². The molecule has 0 aliphatic carbocycles. The number of nitrogens with one attached hydrogen (secondary N) is 1. The molecule has 7 nitrogen and oxygen atoms in total. The molecule has 0 atom stereocenters. The second kappa shape index (κ2) is 13.1. The molecule has 2 aliphatic rings. The highest BCUT2D eigenvalue weighted by molar-refractivity contribution is 6.31. The Bertz CT molecular complexity index is 1200. The summed E-state index contributed by atoms with van der Waals surface area (Å²) in [5.74, 6) is 1.57. The molecule has 3 aromatic rings. The third kappa shape index (κ3) is 7.26. The van der Waals surface area contributed by atoms with Crippen molar-refractivity contribution in [3.05, 3.63) is 83.4 Å². The summed E-state index contributed by atoms with van der Waals surface area (Å²) in [6.45, 7) is 5.28. The normalized spacial score (nSPS) is 18.6. The minimum atomic E-state index is -0.108. The van der Waals surface area contributed by atoms with E-state index in [-0.39, 0.29) is 12.5 Å². The van der Waals surface area contributed by atoms with Crippen molar-refractivity contribution in [2.45, 2.75) is 25.4 Å². The van der Waals surface area contributed by atoms with E-state index < -0.39 is 0 Å². The summed E-state index contributed by atoms with van der Waals surface area (Å²) in [5, 5.41) is 3.55. The topological polar surface area (TPSA) is 63.3 Å². The van der Waals surface area contributed by atoms with Crippen molar-refractivity contribution in [3.8, 4) is 17.2 Å². The van der Waals surface area contributed by atoms with Gasteiger partial charge in [0.2, 0.25) is 5.91 Å². The molecular weight excluding hydrogens is 502 g/mol. The number of rotatable bonds is 3. The summed E-state index contributed by atoms with van der Waals surface area (Å²) < 4.78 is 18.0. The highest BCUT2D eigenvalue weighted by atomic mass is 35.5. The van der Waals surface area contributed by atoms with Gasteiger partial charge in [-0.15, -0.1) is 0 Å². The molecule has 38 heavy (non-hydrogen) atoms. The SMILES string of the molecule is O=C1CN(C2CCN(Cc3ccccc3)CC2)CCOCCOc2ccccc2Oc2ccc(Cl)cc2N1. The molecule has 8 heteroatoms. The number of carbonyl (C=O) groups is 1. The monoisotopic (exact) mass is 535 g/mol. The van der Waals surface area contributed by atoms with Gasteiger partial charge in [0, 0.05) is 24.2 Å². The molecule has 2 aliphatic heterocycles. The lowest BCUT2D eigenvalue weighted by molar-refractivity contribution is -0.118. The average Bonchev–Trinajstić information content (AvgIpc) is 2.93. The van der Waals surface area contributed by atoms with Gasteiger partial charge in [-0.05, 0) is 61.8 Å². The summed E-state index contributed by atoms with van der Waals surface area (Å²) >= 11 is 6.28. The van der Waals surface area contributed by atoms with E-state index in [0.717, 1.165) is 32.5 Å². The summed E-state index contributed by atoms with van der Waals surface area (Å²) in [6.07, 6.45) is 2.01. The molecule has 2 heterocycles. The van der Waals surface area contributed by atoms with E-state index in [1.54, 1.807) is 18.2 Å². The molecule has 0 aromatic heterocycles. The number of likely N-dealkylation sites (tertiary alicyclic amines) is 1. The lowest BCUT2D eigenvalue weighted by atomic mass is 10.0. The first-order chi connectivity index (χ1) is 18.6. The van der Waals surface area contributed by atoms with Crippen molar-refractivity contribution in [2.24, 2.45) is 0 Å². The first-order valence-electron chi connectivity index (χ1n) is 13.2. The molecule has 3 aromatic carbocycles. The second-order valence-corrected chi connectivity index (χ2v) is 10.1. The summed E-state index contributed by atoms with van der Waals surface area (Å²) in [6, 6.07) is 23.6. The smallest absolute Gasteiger partial charge is 0.238 e. The van der Waals surface area contributed by atoms with Gasteiger partial charge in [0.1, 0.15) is 6.61 Å². The van der Waals surface area contributed by atoms with Gasteiger partial charge in [0.15, 0.2) is 17.2 Å². The van der Waals surface area contributed by atoms with E-state index in [2.05, 4.69) is 45.4 Å². The Balaban J connectivity index is 1.28. The molecule has 1 N–H and O–H groups in total. The van der Waals surface area contributed by atoms with Crippen molar-refractivity contribution in [2.75, 3.05) is 51.3 Å². The first kappa shape index (κ1) is 26.5. The van der Waals surface area contributed by atoms with Crippen LogP contribution in [0.3, 0.4) is 0 Å². The van der Waals surface area contributed by atoms with Crippen LogP contribution >= 0.6 is 11.6 Å². The van der Waals surface area contributed by atoms with E-state index in [4.69, 9.17) is 25.8 Å². The number of nitrogens with zero attached hydrogens (tertiary/aromatic N) is 2. The molecule has 200 valence electrons. The zero-order valence-electron chi connectivity index (χ0n) is 21.5. The van der Waals surface area contributed by atoms with Crippen LogP contribution in [0.4, 0.5) is 5.69 Å². The van der Waals surface area contributed by atoms with Crippen LogP contribution in [0.2, 0.25) is 5.02 Å². The largest absolute Gasteiger partial charge is 0.487 e. The predicted molar refractivity (Wildman–Crippen MR) is 149 cm³/mol. The molecule has 0 unspecified atom stereocenters. The molecule has 0 bridgehead atoms. The van der Waals surface area contributed by atoms with Crippen LogP contribution in [0, 0.1) is 0 Å². The lowest BCUT2D eigenvalue weighted by Crippen LogP contribution is -2.48. The summed E-state index contributed by atoms with van der Waals surface area (Å²) in [5.41, 5.74) is 1.86. The Hall–Kier alpha value is -3.10. The van der Waals surface area contributed by atoms with E-state index in [1.165, 1.54) is 5.56 Å². The molecule has 1 fully saturated rings. The second-order valence-electron chi connectivity index (χ2n) is 9.66. The number of amides is 1. The van der Waals surface area contributed by atoms with E-state index in [0.29, 0.717) is 60.4 Å². The van der Waals surface area contributed by atoms with Gasteiger partial charge in [-0.3, -0.25) is 14.6 Å². The fourth-order valence-electron chi connectivity index (χ4n) is 5.00. The molecule has 5 rings (SSSR count). The van der Waals surface area contributed by atoms with E-state index in [1.807, 2.05) is 24.3 Å². The van der Waals surface area contributed by atoms with Crippen molar-refractivity contribution >= 4 is 23.2 Å². The fraction of sp³-hybridized carbons (Fsp3) is 0.367. The maximum Gasteiger partial charge on any atom is 0.238 e. The van der Waals surface area contributed by atoms with Crippen LogP contribution in [-0.2, 0) is 16.1 Å². The van der Waals surface area contributed by atoms with Crippen molar-refractivity contribution < 1.29 is 19.0 Å². The molecule has 1 saturated heterocycles. The molecule has 0 radical (unpaired) electrons. The number of para-hydroxylation sites is 2. The zero-order valence-corrected chi connectivity index (χ0v) is 22.2. The molecular formula is C30H34ClN3O4. The van der Waals surface area contributed by atoms with Gasteiger partial charge >= 0.3 is 0 Å². The number of piperidine rings is 1. The Morgan fingerprint density at radius 2 is 1.61 bits per heavy atom. The van der Waals surface area contributed by atoms with E-state index >= 15 is 0 Å². The maximum atomic E-state index is 13.3. The number of benzene rings is 3. The van der Waals surface area contributed by atoms with Crippen LogP contribution in [0.25, 0.3) is 0 Å². The van der Waals surface area contributed by atoms with Crippen LogP contribution in [0.5, 0.6) is 17.2 Å². The van der Waals surface area contributed by atoms with Gasteiger partial charge in [0.25, 0.3) is 0 Å². The van der Waals surface area contributed by atoms with E-state index in [9.17, 15) is 4.79 Å². The molecule has 0 spiro atoms. The zero-order chi connectivity index (χ0) is 26.2. The molecule has 0 saturated carbocycles. The quantitative estimate of drug-likeness (QED) is 0.481. The van der Waals surface area contributed by atoms with Gasteiger partial charge in [0.05, 0.1) is 25.4 Å². The van der Waals surface area contributed by atoms with Gasteiger partial charge in [-0.2, -0.15) is 0 Å². The first-order valence-corrected chi connectivity index (χ1v) is 13.6. The highest BCUT2D eigenvalue weighted by Crippen LogP contribution is 2.36. The van der Waals surface area contributed by atoms with Gasteiger partial charge in [-0.1, -0.05) is 54.1 Å². The van der Waals surface area contributed by atoms with Crippen LogP contribution in [0.15, 0.2) is 72.8 Å². The van der Waals surface area contributed by atoms with Gasteiger partial charge < -0.3 is 19.5 Å². The Labute approximate surface area is 229 Å². The maximum absolute atomic E-state index is 13.3. The third-order valence-corrected chi connectivity index (χ3v) is 7.20. The Morgan fingerprint density at radius 3 is 2.42 bits per heavy atom. The Kier molecular flexibility index (Phi) is 9.15. The number of halogens is 1. The number of ether oxygens (including phenoxy) is 3. The number of hydrogen-bond acceptors (Lipinski definition) is 6. The Morgan fingerprint density at radius 1 is 0.842 bits per heavy atom. The van der Waals surface area contributed by atoms with Crippen molar-refractivity contribution in [1.82, 2.24) is 9.80 Å². The third-order valence-electron chi connectivity index (χ3n) is 6.96. The van der Waals surface area contributed by atoms with Crippen molar-refractivity contribution in [3.63, 3.8) is 0 Å². The predicted octanol–water partition coefficient (Wildman–Crippen LogP) is 5.45. The number of hydrogen-bond donors (Lipinski definition) is 1. The number of anilines is 1. The number of carbonyl (C=O) groups excluding carboxylic acids is 1. The lowest BCUT2D eigenvalue weighted by Gasteiger charge is -2.38. The van der Waals surface area contributed by atoms with Crippen molar-refractivity contribution in [1.29, 1.82) is 0 Å². The highest BCUT2D eigenvalue weighted by Gasteiger charge is 2.26. The van der Waals surface area contributed by atoms with Crippen LogP contribution in [0.1, 0.15) is 18.4 Å². The fourth-order valence-corrected chi connectivity index (χ4v) is 5.18. The number of fused-ring (bicyclic) bond motifs is 2. The minimum Gasteiger partial charge on any atom is -0.487 e. The van der Waals surface area contributed by atoms with Gasteiger partial charge in [-0.25, -0.2) is 0 Å². The minimum absolute atomic E-state index is 0.108. The standard InChI is InChI=1S/C30H34ClN3O4/c31-24-10-11-27-26(20-24)32-30(35)22-34(16-17-36-18-19-37-28-8-4-5-9-29(28)38-27)25-12-14-33(15-13-25)21-23-6-2-1-3-7-23/h1-11,20,25H,12-19,21-22H2,(H,32,35). The summed E-state index contributed by atoms with van der Waals surface area (Å²) in [4.78, 5) is 18.0. The molecule has 1 amide bonds. The van der Waals surface area contributed by atoms with Crippen LogP contribution < -0.4 is 14.8 Å². The average molecular weight is 536 g/mol.